The van der Waals surface area contributed by atoms with E-state index in [1.807, 2.05) is 37.3 Å². The lowest BCUT2D eigenvalue weighted by molar-refractivity contribution is -0.645. The van der Waals surface area contributed by atoms with Crippen LogP contribution in [0.5, 0.6) is 0 Å². The summed E-state index contributed by atoms with van der Waals surface area (Å²) in [5, 5.41) is 14.9. The molecular formula is C15H16N2O2S. The van der Waals surface area contributed by atoms with E-state index in [1.54, 1.807) is 18.2 Å². The quantitative estimate of drug-likeness (QED) is 0.522. The van der Waals surface area contributed by atoms with Gasteiger partial charge < -0.3 is 10.5 Å². The third-order valence-electron chi connectivity index (χ3n) is 2.82. The smallest absolute Gasteiger partial charge is 0.251 e. The molecule has 0 spiro atoms. The molecule has 0 unspecified atom stereocenters. The van der Waals surface area contributed by atoms with E-state index >= 15 is 0 Å². The summed E-state index contributed by atoms with van der Waals surface area (Å²) in [4.78, 5) is 11.9. The highest BCUT2D eigenvalue weighted by Crippen LogP contribution is 2.14. The Labute approximate surface area is 122 Å². The molecular weight excluding hydrogens is 272 g/mol. The average Bonchev–Trinajstić information content (AvgIpc) is 2.47. The van der Waals surface area contributed by atoms with E-state index < -0.39 is 0 Å². The molecule has 0 radical (unpaired) electrons. The van der Waals surface area contributed by atoms with Crippen LogP contribution in [0.1, 0.15) is 18.5 Å². The largest absolute Gasteiger partial charge is 0.618 e. The number of nitrogens with one attached hydrogen (secondary N) is 1. The van der Waals surface area contributed by atoms with Gasteiger partial charge in [0.1, 0.15) is 0 Å². The molecule has 4 nitrogen and oxygen atoms in total. The fraction of sp³-hybridized carbons (Fsp3) is 0.200. The second kappa shape index (κ2) is 6.96. The van der Waals surface area contributed by atoms with Crippen LogP contribution in [0.15, 0.2) is 59.8 Å². The Morgan fingerprint density at radius 1 is 1.25 bits per heavy atom. The van der Waals surface area contributed by atoms with Crippen molar-refractivity contribution in [3.05, 3.63) is 65.5 Å². The summed E-state index contributed by atoms with van der Waals surface area (Å²) in [7, 11) is 0. The number of thioether (sulfide) groups is 1. The van der Waals surface area contributed by atoms with E-state index in [2.05, 4.69) is 5.32 Å². The van der Waals surface area contributed by atoms with Crippen molar-refractivity contribution in [3.8, 4) is 0 Å². The summed E-state index contributed by atoms with van der Waals surface area (Å²) in [6, 6.07) is 14.9. The van der Waals surface area contributed by atoms with Crippen molar-refractivity contribution >= 4 is 17.7 Å². The maximum atomic E-state index is 11.9. The number of rotatable bonds is 5. The summed E-state index contributed by atoms with van der Waals surface area (Å²) in [6.45, 7) is 1.94. The maximum absolute atomic E-state index is 11.9. The standard InChI is InChI=1S/C15H16N2O2S/c1-12(13-7-3-2-4-8-13)16-14(18)11-20-15-9-5-6-10-17(15)19/h2-10,12H,11H2,1H3,(H,16,18)/t12-/m1/s1. The van der Waals surface area contributed by atoms with Gasteiger partial charge in [-0.2, -0.15) is 4.73 Å². The summed E-state index contributed by atoms with van der Waals surface area (Å²) in [6.07, 6.45) is 1.42. The van der Waals surface area contributed by atoms with Gasteiger partial charge in [-0.3, -0.25) is 4.79 Å². The van der Waals surface area contributed by atoms with E-state index in [9.17, 15) is 10.0 Å². The van der Waals surface area contributed by atoms with Crippen molar-refractivity contribution in [2.75, 3.05) is 5.75 Å². The molecule has 0 fully saturated rings. The van der Waals surface area contributed by atoms with Gasteiger partial charge in [0, 0.05) is 12.1 Å². The summed E-state index contributed by atoms with van der Waals surface area (Å²) in [5.74, 6) is 0.138. The SMILES string of the molecule is C[C@@H](NC(=O)CSc1cccc[n+]1[O-])c1ccccc1. The number of hydrogen-bond donors (Lipinski definition) is 1. The monoisotopic (exact) mass is 288 g/mol. The fourth-order valence-corrected chi connectivity index (χ4v) is 2.50. The first-order valence-electron chi connectivity index (χ1n) is 6.32. The molecule has 2 aromatic rings. The van der Waals surface area contributed by atoms with E-state index in [-0.39, 0.29) is 17.7 Å². The van der Waals surface area contributed by atoms with Crippen molar-refractivity contribution < 1.29 is 9.52 Å². The molecule has 0 saturated carbocycles. The molecule has 1 aromatic heterocycles. The minimum Gasteiger partial charge on any atom is -0.618 e. The van der Waals surface area contributed by atoms with Gasteiger partial charge in [0.05, 0.1) is 11.8 Å². The normalized spacial score (nSPS) is 11.8. The second-order valence-electron chi connectivity index (χ2n) is 4.35. The topological polar surface area (TPSA) is 56.0 Å². The average molecular weight is 288 g/mol. The first kappa shape index (κ1) is 14.4. The number of carbonyl (C=O) groups excluding carboxylic acids is 1. The van der Waals surface area contributed by atoms with E-state index in [0.29, 0.717) is 5.03 Å². The van der Waals surface area contributed by atoms with Crippen molar-refractivity contribution in [3.63, 3.8) is 0 Å². The van der Waals surface area contributed by atoms with Crippen LogP contribution in [-0.2, 0) is 4.79 Å². The Morgan fingerprint density at radius 2 is 1.95 bits per heavy atom. The van der Waals surface area contributed by atoms with Gasteiger partial charge in [0.2, 0.25) is 5.91 Å². The summed E-state index contributed by atoms with van der Waals surface area (Å²) in [5.41, 5.74) is 1.06. The molecule has 1 N–H and O–H groups in total. The van der Waals surface area contributed by atoms with Crippen LogP contribution in [-0.4, -0.2) is 11.7 Å². The molecule has 2 rings (SSSR count). The molecule has 1 aromatic carbocycles. The van der Waals surface area contributed by atoms with Gasteiger partial charge in [0.25, 0.3) is 5.03 Å². The van der Waals surface area contributed by atoms with Gasteiger partial charge in [0.15, 0.2) is 6.20 Å². The van der Waals surface area contributed by atoms with Crippen LogP contribution in [0.3, 0.4) is 0 Å². The zero-order chi connectivity index (χ0) is 14.4. The first-order valence-corrected chi connectivity index (χ1v) is 7.30. The zero-order valence-corrected chi connectivity index (χ0v) is 12.0. The molecule has 5 heteroatoms. The Balaban J connectivity index is 1.86. The molecule has 0 bridgehead atoms. The van der Waals surface area contributed by atoms with Crippen LogP contribution < -0.4 is 10.0 Å². The number of amides is 1. The molecule has 0 aliphatic carbocycles. The molecule has 1 atom stereocenters. The second-order valence-corrected chi connectivity index (χ2v) is 5.35. The van der Waals surface area contributed by atoms with Crippen LogP contribution >= 0.6 is 11.8 Å². The molecule has 1 heterocycles. The predicted octanol–water partition coefficient (Wildman–Crippen LogP) is 2.29. The van der Waals surface area contributed by atoms with Gasteiger partial charge in [-0.05, 0) is 30.3 Å². The van der Waals surface area contributed by atoms with Crippen molar-refractivity contribution in [2.45, 2.75) is 18.0 Å². The van der Waals surface area contributed by atoms with Gasteiger partial charge >= 0.3 is 0 Å². The van der Waals surface area contributed by atoms with Gasteiger partial charge in [-0.1, -0.05) is 30.3 Å². The van der Waals surface area contributed by atoms with Gasteiger partial charge in [-0.15, -0.1) is 0 Å². The number of nitrogens with zero attached hydrogens (tertiary/aromatic N) is 1. The third kappa shape index (κ3) is 3.99. The van der Waals surface area contributed by atoms with Crippen LogP contribution in [0.4, 0.5) is 0 Å². The molecule has 104 valence electrons. The Morgan fingerprint density at radius 3 is 2.65 bits per heavy atom. The van der Waals surface area contributed by atoms with E-state index in [1.165, 1.54) is 18.0 Å². The molecule has 0 aliphatic rings. The summed E-state index contributed by atoms with van der Waals surface area (Å²) >= 11 is 1.23. The lowest BCUT2D eigenvalue weighted by Crippen LogP contribution is -2.31. The number of aromatic nitrogens is 1. The minimum absolute atomic E-state index is 0.0422. The Kier molecular flexibility index (Phi) is 5.01. The highest BCUT2D eigenvalue weighted by Gasteiger charge is 2.12. The Bertz CT molecular complexity index is 575. The number of benzene rings is 1. The van der Waals surface area contributed by atoms with Crippen molar-refractivity contribution in [2.24, 2.45) is 0 Å². The van der Waals surface area contributed by atoms with Crippen molar-refractivity contribution in [1.82, 2.24) is 5.32 Å². The molecule has 0 aliphatic heterocycles. The van der Waals surface area contributed by atoms with Crippen molar-refractivity contribution in [1.29, 1.82) is 0 Å². The van der Waals surface area contributed by atoms with E-state index in [4.69, 9.17) is 0 Å². The maximum Gasteiger partial charge on any atom is 0.251 e. The highest BCUT2D eigenvalue weighted by molar-refractivity contribution is 7.99. The highest BCUT2D eigenvalue weighted by atomic mass is 32.2. The number of carbonyl (C=O) groups is 1. The fourth-order valence-electron chi connectivity index (χ4n) is 1.77. The molecule has 20 heavy (non-hydrogen) atoms. The van der Waals surface area contributed by atoms with Gasteiger partial charge in [-0.25, -0.2) is 0 Å². The molecule has 1 amide bonds. The summed E-state index contributed by atoms with van der Waals surface area (Å²) < 4.78 is 0.762. The lowest BCUT2D eigenvalue weighted by atomic mass is 10.1. The molecule has 0 saturated heterocycles. The van der Waals surface area contributed by atoms with Crippen LogP contribution in [0.25, 0.3) is 0 Å². The van der Waals surface area contributed by atoms with E-state index in [0.717, 1.165) is 10.3 Å². The first-order chi connectivity index (χ1) is 9.66. The number of pyridine rings is 1. The number of hydrogen-bond acceptors (Lipinski definition) is 3. The van der Waals surface area contributed by atoms with Crippen LogP contribution in [0, 0.1) is 5.21 Å². The third-order valence-corrected chi connectivity index (χ3v) is 3.84. The Hall–Kier alpha value is -2.01. The minimum atomic E-state index is -0.0878. The zero-order valence-electron chi connectivity index (χ0n) is 11.2. The van der Waals surface area contributed by atoms with Crippen LogP contribution in [0.2, 0.25) is 0 Å². The lowest BCUT2D eigenvalue weighted by Gasteiger charge is -2.13. The predicted molar refractivity (Wildman–Crippen MR) is 79.1 cm³/mol.